The summed E-state index contributed by atoms with van der Waals surface area (Å²) in [5.41, 5.74) is 2.65. The van der Waals surface area contributed by atoms with Crippen LogP contribution in [0.4, 0.5) is 5.69 Å². The van der Waals surface area contributed by atoms with E-state index in [1.807, 2.05) is 58.0 Å². The van der Waals surface area contributed by atoms with Crippen molar-refractivity contribution in [2.45, 2.75) is 57.6 Å². The summed E-state index contributed by atoms with van der Waals surface area (Å²) in [5, 5.41) is 3.38. The molecule has 1 N–H and O–H groups in total. The molecule has 0 unspecified atom stereocenters. The van der Waals surface area contributed by atoms with Gasteiger partial charge in [0.1, 0.15) is 18.3 Å². The van der Waals surface area contributed by atoms with Crippen LogP contribution in [-0.2, 0) is 32.6 Å². The normalized spacial score (nSPS) is 12.0. The van der Waals surface area contributed by atoms with Crippen molar-refractivity contribution in [1.29, 1.82) is 0 Å². The molecule has 0 aliphatic carbocycles. The number of amides is 2. The zero-order chi connectivity index (χ0) is 33.3. The van der Waals surface area contributed by atoms with Gasteiger partial charge in [-0.1, -0.05) is 77.8 Å². The number of rotatable bonds is 14. The first-order valence-electron chi connectivity index (χ1n) is 15.2. The number of sulfonamides is 1. The molecule has 4 aromatic rings. The number of halogens is 1. The highest BCUT2D eigenvalue weighted by Crippen LogP contribution is 2.28. The van der Waals surface area contributed by atoms with Crippen LogP contribution < -0.4 is 14.4 Å². The molecule has 0 fully saturated rings. The van der Waals surface area contributed by atoms with E-state index in [2.05, 4.69) is 5.32 Å². The van der Waals surface area contributed by atoms with Crippen molar-refractivity contribution in [2.75, 3.05) is 17.5 Å². The van der Waals surface area contributed by atoms with Crippen molar-refractivity contribution in [3.05, 3.63) is 125 Å². The number of nitrogens with one attached hydrogen (secondary N) is 1. The van der Waals surface area contributed by atoms with Crippen molar-refractivity contribution >= 4 is 39.1 Å². The maximum Gasteiger partial charge on any atom is 0.264 e. The van der Waals surface area contributed by atoms with Gasteiger partial charge in [-0.25, -0.2) is 8.42 Å². The maximum absolute atomic E-state index is 14.5. The number of carbonyl (C=O) groups is 2. The molecule has 0 saturated heterocycles. The summed E-state index contributed by atoms with van der Waals surface area (Å²) in [4.78, 5) is 29.8. The second kappa shape index (κ2) is 15.8. The Hall–Kier alpha value is -4.34. The van der Waals surface area contributed by atoms with E-state index < -0.39 is 28.5 Å². The average Bonchev–Trinajstić information content (AvgIpc) is 3.03. The smallest absolute Gasteiger partial charge is 0.264 e. The maximum atomic E-state index is 14.5. The van der Waals surface area contributed by atoms with Crippen LogP contribution in [-0.4, -0.2) is 50.4 Å². The molecule has 1 atom stereocenters. The van der Waals surface area contributed by atoms with Crippen molar-refractivity contribution in [1.82, 2.24) is 10.2 Å². The summed E-state index contributed by atoms with van der Waals surface area (Å²) in [6, 6.07) is 28.3. The van der Waals surface area contributed by atoms with Gasteiger partial charge < -0.3 is 15.0 Å². The van der Waals surface area contributed by atoms with E-state index in [1.54, 1.807) is 60.7 Å². The fourth-order valence-corrected chi connectivity index (χ4v) is 6.60. The second-order valence-electron chi connectivity index (χ2n) is 11.2. The van der Waals surface area contributed by atoms with Crippen molar-refractivity contribution in [3.8, 4) is 5.75 Å². The first-order chi connectivity index (χ1) is 22.0. The predicted molar refractivity (Wildman–Crippen MR) is 183 cm³/mol. The fourth-order valence-electron chi connectivity index (χ4n) is 4.99. The van der Waals surface area contributed by atoms with E-state index in [0.29, 0.717) is 22.9 Å². The van der Waals surface area contributed by atoms with Crippen LogP contribution in [0.2, 0.25) is 5.02 Å². The minimum atomic E-state index is -4.21. The van der Waals surface area contributed by atoms with E-state index in [-0.39, 0.29) is 35.5 Å². The minimum absolute atomic E-state index is 0.0107. The number of carbonyl (C=O) groups excluding carboxylic acids is 2. The lowest BCUT2D eigenvalue weighted by Gasteiger charge is -2.34. The number of nitrogens with zero attached hydrogens (tertiary/aromatic N) is 2. The van der Waals surface area contributed by atoms with Crippen molar-refractivity contribution in [3.63, 3.8) is 0 Å². The molecule has 242 valence electrons. The van der Waals surface area contributed by atoms with Crippen molar-refractivity contribution in [2.24, 2.45) is 0 Å². The second-order valence-corrected chi connectivity index (χ2v) is 13.5. The Kier molecular flexibility index (Phi) is 11.8. The molecule has 46 heavy (non-hydrogen) atoms. The number of benzene rings is 4. The molecule has 8 nitrogen and oxygen atoms in total. The standard InChI is InChI=1S/C36H40ClN3O5S/c1-5-45-31-19-17-30(18-20-31)40(46(43,44)32-21-15-27(4)16-22-32)25-35(41)39(24-29-13-9-10-14-33(29)37)34(36(42)38-26(2)3)23-28-11-7-6-8-12-28/h6-22,26,34H,5,23-25H2,1-4H3,(H,38,42)/t34-/m1/s1. The Morgan fingerprint density at radius 2 is 1.50 bits per heavy atom. The van der Waals surface area contributed by atoms with Gasteiger partial charge in [-0.15, -0.1) is 0 Å². The van der Waals surface area contributed by atoms with Crippen LogP contribution in [0.3, 0.4) is 0 Å². The monoisotopic (exact) mass is 661 g/mol. The van der Waals surface area contributed by atoms with Gasteiger partial charge in [-0.2, -0.15) is 0 Å². The van der Waals surface area contributed by atoms with Gasteiger partial charge in [-0.3, -0.25) is 13.9 Å². The highest BCUT2D eigenvalue weighted by Gasteiger charge is 2.35. The number of hydrogen-bond donors (Lipinski definition) is 1. The predicted octanol–water partition coefficient (Wildman–Crippen LogP) is 6.41. The summed E-state index contributed by atoms with van der Waals surface area (Å²) < 4.78 is 35.0. The zero-order valence-corrected chi connectivity index (χ0v) is 28.1. The van der Waals surface area contributed by atoms with E-state index >= 15 is 0 Å². The summed E-state index contributed by atoms with van der Waals surface area (Å²) in [7, 11) is -4.21. The van der Waals surface area contributed by atoms with Crippen LogP contribution in [0, 0.1) is 6.92 Å². The first kappa shape index (κ1) is 34.5. The van der Waals surface area contributed by atoms with E-state index in [9.17, 15) is 18.0 Å². The van der Waals surface area contributed by atoms with Crippen LogP contribution in [0.25, 0.3) is 0 Å². The molecule has 0 saturated carbocycles. The third-order valence-electron chi connectivity index (χ3n) is 7.32. The molecule has 0 aliphatic heterocycles. The molecule has 0 bridgehead atoms. The highest BCUT2D eigenvalue weighted by molar-refractivity contribution is 7.92. The molecule has 4 aromatic carbocycles. The van der Waals surface area contributed by atoms with Gasteiger partial charge in [-0.05, 0) is 81.3 Å². The van der Waals surface area contributed by atoms with Gasteiger partial charge in [0, 0.05) is 24.0 Å². The topological polar surface area (TPSA) is 96.0 Å². The lowest BCUT2D eigenvalue weighted by molar-refractivity contribution is -0.140. The van der Waals surface area contributed by atoms with E-state index in [0.717, 1.165) is 15.4 Å². The van der Waals surface area contributed by atoms with E-state index in [1.165, 1.54) is 17.0 Å². The molecule has 0 aromatic heterocycles. The summed E-state index contributed by atoms with van der Waals surface area (Å²) in [6.07, 6.45) is 0.212. The molecular weight excluding hydrogens is 622 g/mol. The molecule has 10 heteroatoms. The average molecular weight is 662 g/mol. The van der Waals surface area contributed by atoms with Gasteiger partial charge in [0.2, 0.25) is 11.8 Å². The number of hydrogen-bond acceptors (Lipinski definition) is 5. The molecule has 4 rings (SSSR count). The van der Waals surface area contributed by atoms with Gasteiger partial charge in [0.15, 0.2) is 0 Å². The molecule has 0 aliphatic rings. The zero-order valence-electron chi connectivity index (χ0n) is 26.5. The molecule has 0 spiro atoms. The Morgan fingerprint density at radius 3 is 2.11 bits per heavy atom. The number of ether oxygens (including phenoxy) is 1. The van der Waals surface area contributed by atoms with Crippen LogP contribution in [0.5, 0.6) is 5.75 Å². The highest BCUT2D eigenvalue weighted by atomic mass is 35.5. The Bertz CT molecular complexity index is 1710. The van der Waals surface area contributed by atoms with Crippen LogP contribution in [0.15, 0.2) is 108 Å². The Labute approximate surface area is 277 Å². The molecule has 0 heterocycles. The van der Waals surface area contributed by atoms with Crippen LogP contribution in [0.1, 0.15) is 37.5 Å². The summed E-state index contributed by atoms with van der Waals surface area (Å²) in [5.74, 6) is -0.350. The number of aryl methyl sites for hydroxylation is 1. The Balaban J connectivity index is 1.81. The summed E-state index contributed by atoms with van der Waals surface area (Å²) in [6.45, 7) is 7.29. The quantitative estimate of drug-likeness (QED) is 0.169. The minimum Gasteiger partial charge on any atom is -0.494 e. The molecular formula is C36H40ClN3O5S. The van der Waals surface area contributed by atoms with Gasteiger partial charge in [0.25, 0.3) is 10.0 Å². The molecule has 0 radical (unpaired) electrons. The lowest BCUT2D eigenvalue weighted by Crippen LogP contribution is -2.54. The van der Waals surface area contributed by atoms with Gasteiger partial charge in [0.05, 0.1) is 17.2 Å². The summed E-state index contributed by atoms with van der Waals surface area (Å²) >= 11 is 6.55. The van der Waals surface area contributed by atoms with Crippen LogP contribution >= 0.6 is 11.6 Å². The van der Waals surface area contributed by atoms with Crippen molar-refractivity contribution < 1.29 is 22.7 Å². The third kappa shape index (κ3) is 8.89. The molecule has 2 amide bonds. The first-order valence-corrected chi connectivity index (χ1v) is 17.0. The third-order valence-corrected chi connectivity index (χ3v) is 9.48. The largest absolute Gasteiger partial charge is 0.494 e. The number of anilines is 1. The Morgan fingerprint density at radius 1 is 0.870 bits per heavy atom. The van der Waals surface area contributed by atoms with E-state index in [4.69, 9.17) is 16.3 Å². The SMILES string of the molecule is CCOc1ccc(N(CC(=O)N(Cc2ccccc2Cl)[C@H](Cc2ccccc2)C(=O)NC(C)C)S(=O)(=O)c2ccc(C)cc2)cc1. The fraction of sp³-hybridized carbons (Fsp3) is 0.278. The van der Waals surface area contributed by atoms with Gasteiger partial charge >= 0.3 is 0 Å². The lowest BCUT2D eigenvalue weighted by atomic mass is 10.0.